The summed E-state index contributed by atoms with van der Waals surface area (Å²) in [5, 5.41) is 3.03. The van der Waals surface area contributed by atoms with E-state index in [1.165, 1.54) is 23.5 Å². The molecule has 0 aliphatic carbocycles. The Morgan fingerprint density at radius 3 is 2.50 bits per heavy atom. The van der Waals surface area contributed by atoms with Crippen LogP contribution < -0.4 is 5.32 Å². The molecule has 0 saturated carbocycles. The Labute approximate surface area is 91.2 Å². The third-order valence-corrected chi connectivity index (χ3v) is 2.69. The predicted octanol–water partition coefficient (Wildman–Crippen LogP) is 1.79. The standard InChI is InChI=1S/C10H13F3N2O/c11-10(12,13)9(8-1-6-16-7-8)15-4-2-14-3-5-15/h1,6-7,9,14H,2-5H2/t9-/m0/s1. The molecule has 3 nitrogen and oxygen atoms in total. The van der Waals surface area contributed by atoms with Gasteiger partial charge in [0.15, 0.2) is 0 Å². The molecule has 1 N–H and O–H groups in total. The molecule has 1 aromatic rings. The normalized spacial score (nSPS) is 20.9. The van der Waals surface area contributed by atoms with Crippen LogP contribution in [0.2, 0.25) is 0 Å². The van der Waals surface area contributed by atoms with Crippen molar-refractivity contribution in [3.8, 4) is 0 Å². The van der Waals surface area contributed by atoms with E-state index in [0.29, 0.717) is 26.2 Å². The van der Waals surface area contributed by atoms with Gasteiger partial charge in [-0.25, -0.2) is 0 Å². The summed E-state index contributed by atoms with van der Waals surface area (Å²) < 4.78 is 43.6. The average molecular weight is 234 g/mol. The zero-order chi connectivity index (χ0) is 11.6. The molecule has 0 unspecified atom stereocenters. The van der Waals surface area contributed by atoms with Crippen molar-refractivity contribution in [3.63, 3.8) is 0 Å². The minimum absolute atomic E-state index is 0.175. The van der Waals surface area contributed by atoms with Gasteiger partial charge in [-0.15, -0.1) is 0 Å². The van der Waals surface area contributed by atoms with Gasteiger partial charge in [0.1, 0.15) is 6.04 Å². The lowest BCUT2D eigenvalue weighted by Gasteiger charge is -2.35. The number of halogens is 3. The summed E-state index contributed by atoms with van der Waals surface area (Å²) >= 11 is 0. The molecule has 0 bridgehead atoms. The maximum atomic E-state index is 13.0. The Morgan fingerprint density at radius 1 is 1.31 bits per heavy atom. The number of nitrogens with zero attached hydrogens (tertiary/aromatic N) is 1. The van der Waals surface area contributed by atoms with Crippen LogP contribution in [0.25, 0.3) is 0 Å². The van der Waals surface area contributed by atoms with Crippen LogP contribution in [-0.4, -0.2) is 37.3 Å². The molecule has 2 heterocycles. The first kappa shape index (κ1) is 11.5. The van der Waals surface area contributed by atoms with Crippen LogP contribution in [0.4, 0.5) is 13.2 Å². The van der Waals surface area contributed by atoms with Gasteiger partial charge in [0, 0.05) is 31.7 Å². The fourth-order valence-corrected chi connectivity index (χ4v) is 1.98. The topological polar surface area (TPSA) is 28.4 Å². The van der Waals surface area contributed by atoms with Gasteiger partial charge in [0.2, 0.25) is 0 Å². The molecule has 1 fully saturated rings. The van der Waals surface area contributed by atoms with Crippen molar-refractivity contribution in [2.24, 2.45) is 0 Å². The van der Waals surface area contributed by atoms with Crippen molar-refractivity contribution in [1.82, 2.24) is 10.2 Å². The summed E-state index contributed by atoms with van der Waals surface area (Å²) in [6, 6.07) is -0.173. The van der Waals surface area contributed by atoms with Gasteiger partial charge in [-0.1, -0.05) is 0 Å². The van der Waals surface area contributed by atoms with E-state index in [9.17, 15) is 13.2 Å². The second kappa shape index (κ2) is 4.47. The van der Waals surface area contributed by atoms with Crippen molar-refractivity contribution in [1.29, 1.82) is 0 Å². The Hall–Kier alpha value is -1.01. The first-order valence-corrected chi connectivity index (χ1v) is 5.12. The lowest BCUT2D eigenvalue weighted by molar-refractivity contribution is -0.188. The van der Waals surface area contributed by atoms with Crippen LogP contribution in [0, 0.1) is 0 Å². The van der Waals surface area contributed by atoms with Crippen molar-refractivity contribution >= 4 is 0 Å². The number of hydrogen-bond acceptors (Lipinski definition) is 3. The summed E-state index contributed by atoms with van der Waals surface area (Å²) in [4.78, 5) is 1.43. The molecule has 1 atom stereocenters. The highest BCUT2D eigenvalue weighted by atomic mass is 19.4. The highest BCUT2D eigenvalue weighted by Crippen LogP contribution is 2.37. The fraction of sp³-hybridized carbons (Fsp3) is 0.600. The highest BCUT2D eigenvalue weighted by molar-refractivity contribution is 5.14. The molecule has 0 spiro atoms. The summed E-state index contributed by atoms with van der Waals surface area (Å²) in [5.41, 5.74) is 0.175. The van der Waals surface area contributed by atoms with Crippen LogP contribution in [0.3, 0.4) is 0 Å². The summed E-state index contributed by atoms with van der Waals surface area (Å²) in [7, 11) is 0. The number of hydrogen-bond donors (Lipinski definition) is 1. The zero-order valence-corrected chi connectivity index (χ0v) is 8.63. The monoisotopic (exact) mass is 234 g/mol. The number of furan rings is 1. The van der Waals surface area contributed by atoms with E-state index in [-0.39, 0.29) is 5.56 Å². The molecule has 2 rings (SSSR count). The molecule has 90 valence electrons. The van der Waals surface area contributed by atoms with E-state index in [1.54, 1.807) is 0 Å². The number of rotatable bonds is 2. The molecular weight excluding hydrogens is 221 g/mol. The van der Waals surface area contributed by atoms with Crippen LogP contribution >= 0.6 is 0 Å². The van der Waals surface area contributed by atoms with Crippen molar-refractivity contribution in [2.75, 3.05) is 26.2 Å². The zero-order valence-electron chi connectivity index (χ0n) is 8.63. The second-order valence-corrected chi connectivity index (χ2v) is 3.79. The van der Waals surface area contributed by atoms with Crippen LogP contribution in [0.5, 0.6) is 0 Å². The minimum Gasteiger partial charge on any atom is -0.472 e. The molecule has 1 aliphatic heterocycles. The summed E-state index contributed by atoms with van der Waals surface area (Å²) in [5.74, 6) is 0. The Morgan fingerprint density at radius 2 is 2.00 bits per heavy atom. The van der Waals surface area contributed by atoms with E-state index in [4.69, 9.17) is 4.42 Å². The predicted molar refractivity (Wildman–Crippen MR) is 51.9 cm³/mol. The number of nitrogens with one attached hydrogen (secondary N) is 1. The molecule has 1 saturated heterocycles. The molecule has 6 heteroatoms. The van der Waals surface area contributed by atoms with Gasteiger partial charge < -0.3 is 9.73 Å². The lowest BCUT2D eigenvalue weighted by atomic mass is 10.1. The minimum atomic E-state index is -4.26. The molecule has 0 aromatic carbocycles. The lowest BCUT2D eigenvalue weighted by Crippen LogP contribution is -2.48. The number of piperazine rings is 1. The maximum absolute atomic E-state index is 13.0. The van der Waals surface area contributed by atoms with Gasteiger partial charge in [-0.05, 0) is 6.07 Å². The van der Waals surface area contributed by atoms with Crippen LogP contribution in [-0.2, 0) is 0 Å². The Kier molecular flexibility index (Phi) is 3.20. The maximum Gasteiger partial charge on any atom is 0.408 e. The molecule has 1 aliphatic rings. The van der Waals surface area contributed by atoms with E-state index in [0.717, 1.165) is 0 Å². The largest absolute Gasteiger partial charge is 0.472 e. The van der Waals surface area contributed by atoms with E-state index in [1.807, 2.05) is 0 Å². The third kappa shape index (κ3) is 2.38. The van der Waals surface area contributed by atoms with Gasteiger partial charge >= 0.3 is 6.18 Å². The first-order chi connectivity index (χ1) is 7.59. The fourth-order valence-electron chi connectivity index (χ4n) is 1.98. The van der Waals surface area contributed by atoms with Crippen molar-refractivity contribution in [2.45, 2.75) is 12.2 Å². The number of alkyl halides is 3. The second-order valence-electron chi connectivity index (χ2n) is 3.79. The van der Waals surface area contributed by atoms with Gasteiger partial charge in [0.25, 0.3) is 0 Å². The van der Waals surface area contributed by atoms with Gasteiger partial charge in [0.05, 0.1) is 12.5 Å². The average Bonchev–Trinajstić information content (AvgIpc) is 2.71. The molecular formula is C10H13F3N2O. The van der Waals surface area contributed by atoms with Gasteiger partial charge in [-0.3, -0.25) is 4.90 Å². The van der Waals surface area contributed by atoms with Gasteiger partial charge in [-0.2, -0.15) is 13.2 Å². The summed E-state index contributed by atoms with van der Waals surface area (Å²) in [6.07, 6.45) is -1.82. The Bertz CT molecular complexity index is 317. The van der Waals surface area contributed by atoms with E-state index in [2.05, 4.69) is 5.32 Å². The summed E-state index contributed by atoms with van der Waals surface area (Å²) in [6.45, 7) is 1.97. The highest BCUT2D eigenvalue weighted by Gasteiger charge is 2.45. The first-order valence-electron chi connectivity index (χ1n) is 5.12. The van der Waals surface area contributed by atoms with E-state index >= 15 is 0 Å². The molecule has 0 radical (unpaired) electrons. The van der Waals surface area contributed by atoms with Crippen molar-refractivity contribution < 1.29 is 17.6 Å². The molecule has 1 aromatic heterocycles. The third-order valence-electron chi connectivity index (χ3n) is 2.69. The smallest absolute Gasteiger partial charge is 0.408 e. The quantitative estimate of drug-likeness (QED) is 0.845. The SMILES string of the molecule is FC(F)(F)[C@H](c1ccoc1)N1CCNCC1. The van der Waals surface area contributed by atoms with Crippen LogP contribution in [0.15, 0.2) is 23.0 Å². The molecule has 0 amide bonds. The van der Waals surface area contributed by atoms with E-state index < -0.39 is 12.2 Å². The van der Waals surface area contributed by atoms with Crippen LogP contribution in [0.1, 0.15) is 11.6 Å². The molecule has 16 heavy (non-hydrogen) atoms. The van der Waals surface area contributed by atoms with Crippen molar-refractivity contribution in [3.05, 3.63) is 24.2 Å². The Balaban J connectivity index is 2.21.